The quantitative estimate of drug-likeness (QED) is 0.189. The van der Waals surface area contributed by atoms with Crippen LogP contribution in [0, 0.1) is 29.1 Å². The Bertz CT molecular complexity index is 608. The lowest BCUT2D eigenvalue weighted by Gasteiger charge is -2.49. The number of ether oxygens (including phenoxy) is 2. The summed E-state index contributed by atoms with van der Waals surface area (Å²) in [6.07, 6.45) is 7.47. The average Bonchev–Trinajstić information content (AvgIpc) is 2.62. The molecule has 0 unspecified atom stereocenters. The molecule has 0 N–H and O–H groups in total. The Kier molecular flexibility index (Phi) is 10.5. The average molecular weight is 407 g/mol. The van der Waals surface area contributed by atoms with E-state index < -0.39 is 11.3 Å². The van der Waals surface area contributed by atoms with E-state index in [-0.39, 0.29) is 36.1 Å². The van der Waals surface area contributed by atoms with Crippen LogP contribution in [0.5, 0.6) is 0 Å². The largest absolute Gasteiger partial charge is 0.359 e. The molecular weight excluding hydrogens is 364 g/mol. The van der Waals surface area contributed by atoms with Crippen LogP contribution in [0.25, 0.3) is 0 Å². The molecule has 0 aromatic heterocycles. The highest BCUT2D eigenvalue weighted by Crippen LogP contribution is 2.51. The molecule has 1 aliphatic carbocycles. The van der Waals surface area contributed by atoms with Crippen molar-refractivity contribution in [1.82, 2.24) is 0 Å². The minimum Gasteiger partial charge on any atom is -0.359 e. The normalized spacial score (nSPS) is 27.1. The number of rotatable bonds is 11. The number of methoxy groups -OCH3 is 1. The topological polar surface area (TPSA) is 52.6 Å². The minimum atomic E-state index is -0.562. The highest BCUT2D eigenvalue weighted by Gasteiger charge is 2.54. The zero-order chi connectivity index (χ0) is 22.2. The van der Waals surface area contributed by atoms with Crippen LogP contribution in [0.1, 0.15) is 74.1 Å². The van der Waals surface area contributed by atoms with Gasteiger partial charge in [-0.05, 0) is 64.7 Å². The molecule has 1 fully saturated rings. The summed E-state index contributed by atoms with van der Waals surface area (Å²) in [4.78, 5) is 26.8. The summed E-state index contributed by atoms with van der Waals surface area (Å²) >= 11 is 0. The second-order valence-corrected chi connectivity index (χ2v) is 9.64. The summed E-state index contributed by atoms with van der Waals surface area (Å²) in [5.74, 6) is -0.491. The van der Waals surface area contributed by atoms with Crippen LogP contribution in [-0.2, 0) is 19.1 Å². The van der Waals surface area contributed by atoms with Crippen molar-refractivity contribution in [2.24, 2.45) is 29.1 Å². The fourth-order valence-electron chi connectivity index (χ4n) is 4.47. The number of carbonyl (C=O) groups is 2. The van der Waals surface area contributed by atoms with E-state index >= 15 is 0 Å². The molecule has 0 aromatic rings. The molecule has 0 bridgehead atoms. The highest BCUT2D eigenvalue weighted by molar-refractivity contribution is 6.05. The van der Waals surface area contributed by atoms with Gasteiger partial charge in [0, 0.05) is 18.9 Å². The number of Topliss-reactive ketones (excluding diaryl/α,β-unsaturated/α-hetero) is 2. The molecule has 0 spiro atoms. The van der Waals surface area contributed by atoms with E-state index in [2.05, 4.69) is 32.9 Å². The third kappa shape index (κ3) is 7.18. The van der Waals surface area contributed by atoms with E-state index in [4.69, 9.17) is 9.47 Å². The molecule has 1 rings (SSSR count). The fourth-order valence-corrected chi connectivity index (χ4v) is 4.47. The summed E-state index contributed by atoms with van der Waals surface area (Å²) in [5, 5.41) is 0. The van der Waals surface area contributed by atoms with Gasteiger partial charge in [-0.15, -0.1) is 0 Å². The number of ketones is 2. The molecule has 4 heteroatoms. The second-order valence-electron chi connectivity index (χ2n) is 9.64. The number of hydrogen-bond acceptors (Lipinski definition) is 4. The summed E-state index contributed by atoms with van der Waals surface area (Å²) in [6, 6.07) is 0. The minimum absolute atomic E-state index is 0.0772. The van der Waals surface area contributed by atoms with E-state index in [0.717, 1.165) is 19.3 Å². The second kappa shape index (κ2) is 11.8. The van der Waals surface area contributed by atoms with Crippen LogP contribution in [-0.4, -0.2) is 32.1 Å². The first kappa shape index (κ1) is 25.8. The number of carbonyl (C=O) groups excluding carboxylic acids is 2. The van der Waals surface area contributed by atoms with Crippen molar-refractivity contribution in [2.75, 3.05) is 20.5 Å². The number of allylic oxidation sites excluding steroid dienone is 4. The summed E-state index contributed by atoms with van der Waals surface area (Å²) in [5.41, 5.74) is 2.06. The van der Waals surface area contributed by atoms with Gasteiger partial charge in [-0.3, -0.25) is 9.59 Å². The summed E-state index contributed by atoms with van der Waals surface area (Å²) in [6.45, 7) is 15.0. The molecule has 0 aromatic carbocycles. The van der Waals surface area contributed by atoms with E-state index in [1.165, 1.54) is 11.1 Å². The zero-order valence-corrected chi connectivity index (χ0v) is 19.8. The van der Waals surface area contributed by atoms with Gasteiger partial charge in [0.1, 0.15) is 18.4 Å². The standard InChI is InChI=1S/C25H42O4/c1-17(2)10-9-13-25(7)21(15-29-16-28-8)14-20(12-11-18(3)4)24(27)22(25)23(26)19(5)6/h10-11,19-22H,9,12-16H2,1-8H3/t20-,21-,22-,25-/m0/s1. The smallest absolute Gasteiger partial charge is 0.147 e. The molecule has 0 radical (unpaired) electrons. The molecule has 29 heavy (non-hydrogen) atoms. The zero-order valence-electron chi connectivity index (χ0n) is 19.8. The van der Waals surface area contributed by atoms with Crippen LogP contribution in [0.4, 0.5) is 0 Å². The first-order valence-corrected chi connectivity index (χ1v) is 10.9. The van der Waals surface area contributed by atoms with Crippen LogP contribution in [0.15, 0.2) is 23.3 Å². The Balaban J connectivity index is 3.31. The van der Waals surface area contributed by atoms with E-state index in [1.807, 2.05) is 27.7 Å². The molecule has 0 aliphatic heterocycles. The van der Waals surface area contributed by atoms with Crippen molar-refractivity contribution < 1.29 is 19.1 Å². The van der Waals surface area contributed by atoms with Crippen molar-refractivity contribution in [2.45, 2.75) is 74.1 Å². The predicted octanol–water partition coefficient (Wildman–Crippen LogP) is 5.76. The lowest BCUT2D eigenvalue weighted by atomic mass is 9.54. The molecule has 4 nitrogen and oxygen atoms in total. The molecule has 0 saturated heterocycles. The van der Waals surface area contributed by atoms with Gasteiger partial charge in [0.15, 0.2) is 0 Å². The van der Waals surface area contributed by atoms with Gasteiger partial charge in [0.05, 0.1) is 12.5 Å². The first-order chi connectivity index (χ1) is 13.5. The van der Waals surface area contributed by atoms with Crippen molar-refractivity contribution in [3.05, 3.63) is 23.3 Å². The Hall–Kier alpha value is -1.26. The molecule has 1 aliphatic rings. The summed E-state index contributed by atoms with van der Waals surface area (Å²) in [7, 11) is 1.61. The lowest BCUT2D eigenvalue weighted by Crippen LogP contribution is -2.53. The van der Waals surface area contributed by atoms with Crippen LogP contribution in [0.2, 0.25) is 0 Å². The molecule has 166 valence electrons. The van der Waals surface area contributed by atoms with E-state index in [9.17, 15) is 9.59 Å². The first-order valence-electron chi connectivity index (χ1n) is 10.9. The maximum atomic E-state index is 13.5. The van der Waals surface area contributed by atoms with Crippen LogP contribution >= 0.6 is 0 Å². The SMILES string of the molecule is COCOC[C@@H]1C[C@H](CC=C(C)C)C(=O)[C@H](C(=O)C(C)C)[C@@]1(C)CCC=C(C)C. The number of hydrogen-bond donors (Lipinski definition) is 0. The molecule has 0 heterocycles. The lowest BCUT2D eigenvalue weighted by molar-refractivity contribution is -0.155. The summed E-state index contributed by atoms with van der Waals surface area (Å²) < 4.78 is 10.8. The van der Waals surface area contributed by atoms with Crippen molar-refractivity contribution in [1.29, 1.82) is 0 Å². The Morgan fingerprint density at radius 3 is 2.31 bits per heavy atom. The van der Waals surface area contributed by atoms with E-state index in [1.54, 1.807) is 7.11 Å². The molecule has 4 atom stereocenters. The Labute approximate surface area is 178 Å². The fraction of sp³-hybridized carbons (Fsp3) is 0.760. The maximum absolute atomic E-state index is 13.5. The Morgan fingerprint density at radius 2 is 1.79 bits per heavy atom. The monoisotopic (exact) mass is 406 g/mol. The van der Waals surface area contributed by atoms with Gasteiger partial charge in [-0.2, -0.15) is 0 Å². The van der Waals surface area contributed by atoms with Crippen LogP contribution < -0.4 is 0 Å². The van der Waals surface area contributed by atoms with Crippen LogP contribution in [0.3, 0.4) is 0 Å². The highest BCUT2D eigenvalue weighted by atomic mass is 16.7. The third-order valence-electron chi connectivity index (χ3n) is 6.27. The van der Waals surface area contributed by atoms with Crippen molar-refractivity contribution >= 4 is 11.6 Å². The van der Waals surface area contributed by atoms with Gasteiger partial charge in [-0.25, -0.2) is 0 Å². The molecular formula is C25H42O4. The third-order valence-corrected chi connectivity index (χ3v) is 6.27. The van der Waals surface area contributed by atoms with Crippen molar-refractivity contribution in [3.8, 4) is 0 Å². The maximum Gasteiger partial charge on any atom is 0.147 e. The van der Waals surface area contributed by atoms with Gasteiger partial charge in [-0.1, -0.05) is 44.1 Å². The van der Waals surface area contributed by atoms with Crippen molar-refractivity contribution in [3.63, 3.8) is 0 Å². The van der Waals surface area contributed by atoms with Gasteiger partial charge >= 0.3 is 0 Å². The van der Waals surface area contributed by atoms with E-state index in [0.29, 0.717) is 13.0 Å². The van der Waals surface area contributed by atoms with Gasteiger partial charge in [0.2, 0.25) is 0 Å². The Morgan fingerprint density at radius 1 is 1.17 bits per heavy atom. The van der Waals surface area contributed by atoms with Gasteiger partial charge < -0.3 is 9.47 Å². The molecule has 1 saturated carbocycles. The van der Waals surface area contributed by atoms with Gasteiger partial charge in [0.25, 0.3) is 0 Å². The molecule has 0 amide bonds. The predicted molar refractivity (Wildman–Crippen MR) is 119 cm³/mol.